The van der Waals surface area contributed by atoms with E-state index in [2.05, 4.69) is 17.0 Å². The van der Waals surface area contributed by atoms with Gasteiger partial charge in [0.1, 0.15) is 0 Å². The molecule has 0 saturated carbocycles. The fourth-order valence-corrected chi connectivity index (χ4v) is 1.23. The fourth-order valence-electron chi connectivity index (χ4n) is 1.23. The van der Waals surface area contributed by atoms with Crippen LogP contribution in [0.25, 0.3) is 0 Å². The molecule has 84 valence electrons. The van der Waals surface area contributed by atoms with Crippen molar-refractivity contribution in [3.63, 3.8) is 0 Å². The normalized spacial score (nSPS) is 12.5. The van der Waals surface area contributed by atoms with Gasteiger partial charge in [-0.15, -0.1) is 0 Å². The third-order valence-electron chi connectivity index (χ3n) is 2.28. The van der Waals surface area contributed by atoms with E-state index in [1.165, 1.54) is 7.11 Å². The predicted molar refractivity (Wildman–Crippen MR) is 55.0 cm³/mol. The van der Waals surface area contributed by atoms with E-state index in [0.717, 1.165) is 19.4 Å². The Morgan fingerprint density at radius 3 is 2.79 bits per heavy atom. The number of ether oxygens (including phenoxy) is 1. The topological polar surface area (TPSA) is 58.6 Å². The second kappa shape index (κ2) is 8.97. The van der Waals surface area contributed by atoms with Gasteiger partial charge in [0.25, 0.3) is 0 Å². The van der Waals surface area contributed by atoms with E-state index in [1.54, 1.807) is 0 Å². The van der Waals surface area contributed by atoms with Crippen molar-refractivity contribution in [1.29, 1.82) is 0 Å². The number of hydrogen-bond acceptors (Lipinski definition) is 4. The molecule has 0 aliphatic rings. The van der Waals surface area contributed by atoms with Gasteiger partial charge in [-0.3, -0.25) is 4.79 Å². The molecule has 0 bridgehead atoms. The molecule has 0 saturated heterocycles. The van der Waals surface area contributed by atoms with Crippen molar-refractivity contribution in [2.75, 3.05) is 26.8 Å². The molecular formula is C10H21NO3. The standard InChI is InChI=1S/C10H21NO3/c1-3-9(5-7-12)8-11-6-4-10(13)14-2/h9,11-12H,3-8H2,1-2H3. The fraction of sp³-hybridized carbons (Fsp3) is 0.900. The Hall–Kier alpha value is -0.610. The molecular weight excluding hydrogens is 182 g/mol. The molecule has 0 aromatic carbocycles. The highest BCUT2D eigenvalue weighted by atomic mass is 16.5. The summed E-state index contributed by atoms with van der Waals surface area (Å²) in [6.45, 7) is 3.84. The number of carbonyl (C=O) groups is 1. The molecule has 0 amide bonds. The number of carbonyl (C=O) groups excluding carboxylic acids is 1. The largest absolute Gasteiger partial charge is 0.469 e. The van der Waals surface area contributed by atoms with Gasteiger partial charge in [-0.25, -0.2) is 0 Å². The van der Waals surface area contributed by atoms with E-state index in [-0.39, 0.29) is 12.6 Å². The third kappa shape index (κ3) is 6.86. The van der Waals surface area contributed by atoms with Gasteiger partial charge >= 0.3 is 5.97 Å². The Bertz CT molecular complexity index is 150. The first-order chi connectivity index (χ1) is 6.74. The predicted octanol–water partition coefficient (Wildman–Crippen LogP) is 0.548. The van der Waals surface area contributed by atoms with E-state index < -0.39 is 0 Å². The highest BCUT2D eigenvalue weighted by Crippen LogP contribution is 2.05. The first kappa shape index (κ1) is 13.4. The maximum Gasteiger partial charge on any atom is 0.306 e. The molecule has 4 nitrogen and oxygen atoms in total. The average Bonchev–Trinajstić information content (AvgIpc) is 2.22. The van der Waals surface area contributed by atoms with Crippen molar-refractivity contribution in [1.82, 2.24) is 5.32 Å². The monoisotopic (exact) mass is 203 g/mol. The Kier molecular flexibility index (Phi) is 8.57. The minimum absolute atomic E-state index is 0.187. The summed E-state index contributed by atoms with van der Waals surface area (Å²) >= 11 is 0. The number of nitrogens with one attached hydrogen (secondary N) is 1. The van der Waals surface area contributed by atoms with E-state index >= 15 is 0 Å². The van der Waals surface area contributed by atoms with E-state index in [0.29, 0.717) is 18.9 Å². The first-order valence-corrected chi connectivity index (χ1v) is 5.13. The Morgan fingerprint density at radius 2 is 2.29 bits per heavy atom. The van der Waals surface area contributed by atoms with Crippen molar-refractivity contribution < 1.29 is 14.6 Å². The lowest BCUT2D eigenvalue weighted by atomic mass is 10.0. The molecule has 0 aromatic heterocycles. The molecule has 0 radical (unpaired) electrons. The second-order valence-corrected chi connectivity index (χ2v) is 3.32. The zero-order chi connectivity index (χ0) is 10.8. The van der Waals surface area contributed by atoms with Gasteiger partial charge in [0, 0.05) is 13.2 Å². The zero-order valence-electron chi connectivity index (χ0n) is 9.08. The number of hydrogen-bond donors (Lipinski definition) is 2. The van der Waals surface area contributed by atoms with Crippen molar-refractivity contribution in [2.24, 2.45) is 5.92 Å². The van der Waals surface area contributed by atoms with E-state index in [4.69, 9.17) is 5.11 Å². The SMILES string of the molecule is CCC(CCO)CNCCC(=O)OC. The third-order valence-corrected chi connectivity index (χ3v) is 2.28. The van der Waals surface area contributed by atoms with Crippen molar-refractivity contribution in [3.8, 4) is 0 Å². The van der Waals surface area contributed by atoms with Crippen LogP contribution in [-0.4, -0.2) is 37.9 Å². The van der Waals surface area contributed by atoms with Crippen molar-refractivity contribution >= 4 is 5.97 Å². The molecule has 1 atom stereocenters. The highest BCUT2D eigenvalue weighted by Gasteiger charge is 2.05. The Balaban J connectivity index is 3.37. The number of methoxy groups -OCH3 is 1. The highest BCUT2D eigenvalue weighted by molar-refractivity contribution is 5.69. The van der Waals surface area contributed by atoms with E-state index in [9.17, 15) is 4.79 Å². The summed E-state index contributed by atoms with van der Waals surface area (Å²) in [7, 11) is 1.39. The first-order valence-electron chi connectivity index (χ1n) is 5.13. The molecule has 0 spiro atoms. The van der Waals surface area contributed by atoms with Crippen LogP contribution in [0, 0.1) is 5.92 Å². The number of aliphatic hydroxyl groups is 1. The number of esters is 1. The van der Waals surface area contributed by atoms with Gasteiger partial charge in [0.15, 0.2) is 0 Å². The van der Waals surface area contributed by atoms with Crippen LogP contribution in [0.3, 0.4) is 0 Å². The molecule has 0 aliphatic heterocycles. The van der Waals surface area contributed by atoms with Crippen LogP contribution in [0.1, 0.15) is 26.2 Å². The summed E-state index contributed by atoms with van der Waals surface area (Å²) in [4.78, 5) is 10.7. The van der Waals surface area contributed by atoms with Crippen molar-refractivity contribution in [2.45, 2.75) is 26.2 Å². The molecule has 2 N–H and O–H groups in total. The molecule has 0 aromatic rings. The van der Waals surface area contributed by atoms with Gasteiger partial charge in [-0.05, 0) is 18.9 Å². The second-order valence-electron chi connectivity index (χ2n) is 3.32. The van der Waals surface area contributed by atoms with Gasteiger partial charge in [0.05, 0.1) is 13.5 Å². The van der Waals surface area contributed by atoms with Crippen LogP contribution in [0.4, 0.5) is 0 Å². The molecule has 0 heterocycles. The van der Waals surface area contributed by atoms with Crippen LogP contribution < -0.4 is 5.32 Å². The maximum absolute atomic E-state index is 10.7. The minimum Gasteiger partial charge on any atom is -0.469 e. The molecule has 0 rings (SSSR count). The quantitative estimate of drug-likeness (QED) is 0.447. The van der Waals surface area contributed by atoms with Gasteiger partial charge < -0.3 is 15.2 Å². The van der Waals surface area contributed by atoms with Gasteiger partial charge in [-0.2, -0.15) is 0 Å². The molecule has 0 aliphatic carbocycles. The summed E-state index contributed by atoms with van der Waals surface area (Å²) in [5.74, 6) is 0.311. The Morgan fingerprint density at radius 1 is 1.57 bits per heavy atom. The molecule has 14 heavy (non-hydrogen) atoms. The van der Waals surface area contributed by atoms with Crippen molar-refractivity contribution in [3.05, 3.63) is 0 Å². The van der Waals surface area contributed by atoms with Crippen LogP contribution in [0.5, 0.6) is 0 Å². The smallest absolute Gasteiger partial charge is 0.306 e. The Labute approximate surface area is 85.6 Å². The molecule has 1 unspecified atom stereocenters. The summed E-state index contributed by atoms with van der Waals surface area (Å²) in [5, 5.41) is 11.9. The van der Waals surface area contributed by atoms with Gasteiger partial charge in [-0.1, -0.05) is 13.3 Å². The lowest BCUT2D eigenvalue weighted by molar-refractivity contribution is -0.140. The van der Waals surface area contributed by atoms with Crippen LogP contribution in [-0.2, 0) is 9.53 Å². The van der Waals surface area contributed by atoms with E-state index in [1.807, 2.05) is 0 Å². The summed E-state index contributed by atoms with van der Waals surface area (Å²) in [5.41, 5.74) is 0. The summed E-state index contributed by atoms with van der Waals surface area (Å²) < 4.78 is 4.51. The van der Waals surface area contributed by atoms with Crippen LogP contribution in [0.15, 0.2) is 0 Å². The summed E-state index contributed by atoms with van der Waals surface area (Å²) in [6, 6.07) is 0. The lowest BCUT2D eigenvalue weighted by Crippen LogP contribution is -2.25. The molecule has 0 fully saturated rings. The maximum atomic E-state index is 10.7. The number of aliphatic hydroxyl groups excluding tert-OH is 1. The minimum atomic E-state index is -0.187. The average molecular weight is 203 g/mol. The lowest BCUT2D eigenvalue weighted by Gasteiger charge is -2.13. The zero-order valence-corrected chi connectivity index (χ0v) is 9.08. The van der Waals surface area contributed by atoms with Crippen LogP contribution >= 0.6 is 0 Å². The summed E-state index contributed by atoms with van der Waals surface area (Å²) in [6.07, 6.45) is 2.28. The van der Waals surface area contributed by atoms with Crippen LogP contribution in [0.2, 0.25) is 0 Å². The van der Waals surface area contributed by atoms with Gasteiger partial charge in [0.2, 0.25) is 0 Å². The number of rotatable bonds is 8. The molecule has 4 heteroatoms.